The second-order valence-electron chi connectivity index (χ2n) is 7.34. The second-order valence-corrected chi connectivity index (χ2v) is 8.29. The minimum Gasteiger partial charge on any atom is -0.406 e. The van der Waals surface area contributed by atoms with Gasteiger partial charge in [-0.15, -0.1) is 18.3 Å². The van der Waals surface area contributed by atoms with E-state index in [2.05, 4.69) is 30.3 Å². The molecule has 3 aromatic rings. The summed E-state index contributed by atoms with van der Waals surface area (Å²) in [5.41, 5.74) is 2.64. The number of hydrogen-bond donors (Lipinski definition) is 1. The molecule has 176 valence electrons. The molecule has 0 fully saturated rings. The van der Waals surface area contributed by atoms with E-state index in [0.717, 1.165) is 17.8 Å². The number of ether oxygens (including phenoxy) is 1. The Kier molecular flexibility index (Phi) is 7.57. The number of benzene rings is 1. The summed E-state index contributed by atoms with van der Waals surface area (Å²) >= 11 is 1.31. The number of aryl methyl sites for hydroxylation is 2. The molecule has 0 aliphatic carbocycles. The van der Waals surface area contributed by atoms with Gasteiger partial charge >= 0.3 is 6.36 Å². The molecule has 0 saturated heterocycles. The first-order valence-electron chi connectivity index (χ1n) is 10.1. The third kappa shape index (κ3) is 6.67. The van der Waals surface area contributed by atoms with Crippen LogP contribution in [0, 0.1) is 13.8 Å². The van der Waals surface area contributed by atoms with Gasteiger partial charge in [-0.25, -0.2) is 14.6 Å². The van der Waals surface area contributed by atoms with E-state index in [0.29, 0.717) is 16.5 Å². The van der Waals surface area contributed by atoms with Crippen molar-refractivity contribution in [2.24, 2.45) is 0 Å². The van der Waals surface area contributed by atoms with Crippen LogP contribution in [0.2, 0.25) is 0 Å². The molecular formula is C21H23F3N6O2S. The van der Waals surface area contributed by atoms with Gasteiger partial charge in [0.05, 0.1) is 11.4 Å². The summed E-state index contributed by atoms with van der Waals surface area (Å²) in [6, 6.07) is 6.96. The number of halogens is 3. The number of thioether (sulfide) groups is 1. The zero-order chi connectivity index (χ0) is 24.2. The number of nitrogens with one attached hydrogen (secondary N) is 1. The van der Waals surface area contributed by atoms with Gasteiger partial charge in [-0.05, 0) is 57.5 Å². The summed E-state index contributed by atoms with van der Waals surface area (Å²) in [5.74, 6) is -0.481. The smallest absolute Gasteiger partial charge is 0.406 e. The SMILES string of the molecule is CCC(C)NC(=O)c1nnn(-c2ccc(OC(F)(F)F)cc2)c1CSc1nc(C)cc(C)n1. The van der Waals surface area contributed by atoms with Crippen LogP contribution in [-0.4, -0.2) is 43.3 Å². The molecule has 0 bridgehead atoms. The standard InChI is InChI=1S/C21H23F3N6O2S/c1-5-12(2)25-19(31)18-17(11-33-20-26-13(3)10-14(4)27-20)30(29-28-18)15-6-8-16(9-7-15)32-21(22,23)24/h6-10,12H,5,11H2,1-4H3,(H,25,31). The van der Waals surface area contributed by atoms with E-state index in [9.17, 15) is 18.0 Å². The van der Waals surface area contributed by atoms with Crippen LogP contribution in [-0.2, 0) is 5.75 Å². The van der Waals surface area contributed by atoms with E-state index >= 15 is 0 Å². The van der Waals surface area contributed by atoms with Gasteiger partial charge in [-0.3, -0.25) is 4.79 Å². The topological polar surface area (TPSA) is 94.8 Å². The van der Waals surface area contributed by atoms with Crippen LogP contribution in [0.4, 0.5) is 13.2 Å². The van der Waals surface area contributed by atoms with Crippen molar-refractivity contribution in [1.82, 2.24) is 30.3 Å². The predicted molar refractivity (Wildman–Crippen MR) is 116 cm³/mol. The highest BCUT2D eigenvalue weighted by Gasteiger charge is 2.31. The van der Waals surface area contributed by atoms with E-state index in [1.807, 2.05) is 33.8 Å². The first-order valence-corrected chi connectivity index (χ1v) is 11.1. The van der Waals surface area contributed by atoms with Crippen LogP contribution in [0.1, 0.15) is 47.8 Å². The van der Waals surface area contributed by atoms with E-state index in [4.69, 9.17) is 0 Å². The maximum absolute atomic E-state index is 12.8. The lowest BCUT2D eigenvalue weighted by Crippen LogP contribution is -2.32. The van der Waals surface area contributed by atoms with Crippen LogP contribution in [0.25, 0.3) is 5.69 Å². The lowest BCUT2D eigenvalue weighted by Gasteiger charge is -2.12. The van der Waals surface area contributed by atoms with Crippen LogP contribution in [0.3, 0.4) is 0 Å². The molecular weight excluding hydrogens is 457 g/mol. The number of rotatable bonds is 8. The molecule has 2 aromatic heterocycles. The Morgan fingerprint density at radius 3 is 2.39 bits per heavy atom. The van der Waals surface area contributed by atoms with E-state index in [1.165, 1.54) is 40.7 Å². The highest BCUT2D eigenvalue weighted by Crippen LogP contribution is 2.26. The minimum atomic E-state index is -4.79. The highest BCUT2D eigenvalue weighted by molar-refractivity contribution is 7.98. The molecule has 0 aliphatic heterocycles. The highest BCUT2D eigenvalue weighted by atomic mass is 32.2. The lowest BCUT2D eigenvalue weighted by atomic mass is 10.2. The number of aromatic nitrogens is 5. The van der Waals surface area contributed by atoms with Gasteiger partial charge in [0.25, 0.3) is 5.91 Å². The first kappa shape index (κ1) is 24.5. The Morgan fingerprint density at radius 1 is 1.18 bits per heavy atom. The largest absolute Gasteiger partial charge is 0.573 e. The Balaban J connectivity index is 1.93. The van der Waals surface area contributed by atoms with Crippen molar-refractivity contribution in [3.8, 4) is 11.4 Å². The van der Waals surface area contributed by atoms with Crippen LogP contribution in [0.15, 0.2) is 35.5 Å². The molecule has 1 atom stereocenters. The van der Waals surface area contributed by atoms with Gasteiger partial charge in [-0.2, -0.15) is 0 Å². The molecule has 0 spiro atoms. The fraction of sp³-hybridized carbons (Fsp3) is 0.381. The van der Waals surface area contributed by atoms with E-state index in [-0.39, 0.29) is 29.1 Å². The fourth-order valence-corrected chi connectivity index (χ4v) is 3.83. The quantitative estimate of drug-likeness (QED) is 0.377. The average molecular weight is 481 g/mol. The second kappa shape index (κ2) is 10.2. The summed E-state index contributed by atoms with van der Waals surface area (Å²) in [4.78, 5) is 21.6. The Hall–Kier alpha value is -3.15. The Morgan fingerprint density at radius 2 is 1.82 bits per heavy atom. The summed E-state index contributed by atoms with van der Waals surface area (Å²) in [6.45, 7) is 7.54. The third-order valence-electron chi connectivity index (χ3n) is 4.58. The monoisotopic (exact) mass is 480 g/mol. The molecule has 1 unspecified atom stereocenters. The molecule has 1 aromatic carbocycles. The summed E-state index contributed by atoms with van der Waals surface area (Å²) in [7, 11) is 0. The van der Waals surface area contributed by atoms with Crippen LogP contribution >= 0.6 is 11.8 Å². The summed E-state index contributed by atoms with van der Waals surface area (Å²) in [5, 5.41) is 11.5. The van der Waals surface area contributed by atoms with Gasteiger partial charge in [0.15, 0.2) is 10.9 Å². The maximum Gasteiger partial charge on any atom is 0.573 e. The third-order valence-corrected chi connectivity index (χ3v) is 5.44. The normalized spacial score (nSPS) is 12.5. The van der Waals surface area contributed by atoms with Gasteiger partial charge < -0.3 is 10.1 Å². The van der Waals surface area contributed by atoms with Gasteiger partial charge in [0, 0.05) is 23.2 Å². The first-order chi connectivity index (χ1) is 15.6. The number of nitrogens with zero attached hydrogens (tertiary/aromatic N) is 5. The molecule has 8 nitrogen and oxygen atoms in total. The van der Waals surface area contributed by atoms with Crippen molar-refractivity contribution in [1.29, 1.82) is 0 Å². The molecule has 3 rings (SSSR count). The maximum atomic E-state index is 12.8. The van der Waals surface area contributed by atoms with Gasteiger partial charge in [0.1, 0.15) is 5.75 Å². The minimum absolute atomic E-state index is 0.0651. The zero-order valence-corrected chi connectivity index (χ0v) is 19.3. The summed E-state index contributed by atoms with van der Waals surface area (Å²) in [6.07, 6.45) is -4.05. The molecule has 0 saturated carbocycles. The van der Waals surface area contributed by atoms with Crippen LogP contribution in [0.5, 0.6) is 5.75 Å². The molecule has 0 aliphatic rings. The van der Waals surface area contributed by atoms with Gasteiger partial charge in [0.2, 0.25) is 0 Å². The Bertz CT molecular complexity index is 1100. The predicted octanol–water partition coefficient (Wildman–Crippen LogP) is 4.39. The van der Waals surface area contributed by atoms with Crippen molar-refractivity contribution in [3.05, 3.63) is 53.1 Å². The number of amides is 1. The summed E-state index contributed by atoms with van der Waals surface area (Å²) < 4.78 is 42.7. The van der Waals surface area contributed by atoms with E-state index in [1.54, 1.807) is 0 Å². The van der Waals surface area contributed by atoms with E-state index < -0.39 is 6.36 Å². The molecule has 1 amide bonds. The number of carbonyl (C=O) groups excluding carboxylic acids is 1. The Labute approximate surface area is 193 Å². The lowest BCUT2D eigenvalue weighted by molar-refractivity contribution is -0.274. The van der Waals surface area contributed by atoms with Crippen molar-refractivity contribution in [2.75, 3.05) is 0 Å². The zero-order valence-electron chi connectivity index (χ0n) is 18.5. The van der Waals surface area contributed by atoms with Crippen molar-refractivity contribution >= 4 is 17.7 Å². The van der Waals surface area contributed by atoms with Crippen molar-refractivity contribution in [2.45, 2.75) is 57.4 Å². The molecule has 12 heteroatoms. The molecule has 0 radical (unpaired) electrons. The molecule has 33 heavy (non-hydrogen) atoms. The average Bonchev–Trinajstić information content (AvgIpc) is 3.15. The number of hydrogen-bond acceptors (Lipinski definition) is 7. The fourth-order valence-electron chi connectivity index (χ4n) is 2.89. The van der Waals surface area contributed by atoms with Gasteiger partial charge in [-0.1, -0.05) is 23.9 Å². The van der Waals surface area contributed by atoms with Crippen LogP contribution < -0.4 is 10.1 Å². The number of carbonyl (C=O) groups is 1. The number of alkyl halides is 3. The molecule has 2 heterocycles. The van der Waals surface area contributed by atoms with Crippen molar-refractivity contribution < 1.29 is 22.7 Å². The molecule has 1 N–H and O–H groups in total. The van der Waals surface area contributed by atoms with Crippen molar-refractivity contribution in [3.63, 3.8) is 0 Å².